The summed E-state index contributed by atoms with van der Waals surface area (Å²) in [5.74, 6) is -1.34. The first-order valence-electron chi connectivity index (χ1n) is 9.09. The molecule has 0 atom stereocenters. The van der Waals surface area contributed by atoms with Crippen LogP contribution in [0.4, 0.5) is 26.3 Å². The number of benzene rings is 4. The molecule has 0 aliphatic heterocycles. The fourth-order valence-electron chi connectivity index (χ4n) is 3.27. The second-order valence-electron chi connectivity index (χ2n) is 6.97. The van der Waals surface area contributed by atoms with Crippen molar-refractivity contribution in [1.29, 1.82) is 0 Å². The minimum atomic E-state index is -1.56. The summed E-state index contributed by atoms with van der Waals surface area (Å²) >= 11 is 0. The first kappa shape index (κ1) is 20.5. The molecule has 0 spiro atoms. The molecule has 0 unspecified atom stereocenters. The Labute approximate surface area is 173 Å². The minimum Gasteiger partial charge on any atom is -0.206 e. The number of rotatable bonds is 1. The molecule has 0 saturated carbocycles. The molecule has 0 radical (unpaired) electrons. The monoisotopic (exact) mass is 426 g/mol. The number of halogens is 6. The van der Waals surface area contributed by atoms with Crippen LogP contribution in [0.3, 0.4) is 0 Å². The number of aryl methyl sites for hydroxylation is 1. The van der Waals surface area contributed by atoms with Crippen LogP contribution in [0.1, 0.15) is 16.7 Å². The smallest absolute Gasteiger partial charge is 0.195 e. The average molecular weight is 426 g/mol. The summed E-state index contributed by atoms with van der Waals surface area (Å²) < 4.78 is 83.4. The molecule has 0 saturated heterocycles. The van der Waals surface area contributed by atoms with Crippen LogP contribution >= 0.6 is 0 Å². The van der Waals surface area contributed by atoms with Gasteiger partial charge in [0.15, 0.2) is 17.5 Å². The molecule has 0 fully saturated rings. The van der Waals surface area contributed by atoms with E-state index in [-0.39, 0.29) is 27.5 Å². The normalized spacial score (nSPS) is 10.8. The van der Waals surface area contributed by atoms with Gasteiger partial charge in [0.25, 0.3) is 0 Å². The van der Waals surface area contributed by atoms with E-state index in [1.54, 1.807) is 6.92 Å². The highest BCUT2D eigenvalue weighted by molar-refractivity contribution is 5.84. The van der Waals surface area contributed by atoms with Crippen LogP contribution in [0.15, 0.2) is 54.6 Å². The van der Waals surface area contributed by atoms with Gasteiger partial charge in [0, 0.05) is 10.9 Å². The third-order valence-electron chi connectivity index (χ3n) is 4.76. The molecule has 31 heavy (non-hydrogen) atoms. The Morgan fingerprint density at radius 1 is 0.613 bits per heavy atom. The third kappa shape index (κ3) is 3.87. The van der Waals surface area contributed by atoms with E-state index < -0.39 is 34.9 Å². The lowest BCUT2D eigenvalue weighted by Crippen LogP contribution is -1.94. The van der Waals surface area contributed by atoms with E-state index in [2.05, 4.69) is 11.8 Å². The van der Waals surface area contributed by atoms with E-state index in [4.69, 9.17) is 0 Å². The Morgan fingerprint density at radius 2 is 1.32 bits per heavy atom. The SMILES string of the molecule is Cc1cc(F)c(-c2ccc(C#Cc3ccc4c(F)c(F)c(F)cc4c3)c(F)c2)c(F)c1. The molecule has 4 rings (SSSR count). The van der Waals surface area contributed by atoms with E-state index in [1.807, 2.05) is 0 Å². The van der Waals surface area contributed by atoms with Crippen molar-refractivity contribution in [3.8, 4) is 23.0 Å². The molecule has 0 aromatic heterocycles. The molecule has 0 aliphatic carbocycles. The average Bonchev–Trinajstić information content (AvgIpc) is 2.70. The van der Waals surface area contributed by atoms with Gasteiger partial charge in [-0.05, 0) is 65.9 Å². The molecular weight excluding hydrogens is 414 g/mol. The molecule has 4 aromatic rings. The summed E-state index contributed by atoms with van der Waals surface area (Å²) in [5, 5.41) is -0.00789. The summed E-state index contributed by atoms with van der Waals surface area (Å²) in [6.07, 6.45) is 0. The highest BCUT2D eigenvalue weighted by Gasteiger charge is 2.15. The molecule has 0 nitrogen and oxygen atoms in total. The van der Waals surface area contributed by atoms with Gasteiger partial charge in [0.05, 0.1) is 11.1 Å². The maximum absolute atomic E-state index is 14.5. The predicted molar refractivity (Wildman–Crippen MR) is 106 cm³/mol. The molecular formula is C25H12F6. The first-order valence-corrected chi connectivity index (χ1v) is 9.09. The van der Waals surface area contributed by atoms with E-state index in [1.165, 1.54) is 30.3 Å². The van der Waals surface area contributed by atoms with E-state index >= 15 is 0 Å². The van der Waals surface area contributed by atoms with Gasteiger partial charge >= 0.3 is 0 Å². The van der Waals surface area contributed by atoms with Crippen LogP contribution in [-0.2, 0) is 0 Å². The van der Waals surface area contributed by atoms with Crippen LogP contribution in [0.2, 0.25) is 0 Å². The molecule has 0 bridgehead atoms. The lowest BCUT2D eigenvalue weighted by atomic mass is 10.0. The Kier molecular flexibility index (Phi) is 5.20. The van der Waals surface area contributed by atoms with E-state index in [0.717, 1.165) is 24.3 Å². The molecule has 0 N–H and O–H groups in total. The second kappa shape index (κ2) is 7.84. The summed E-state index contributed by atoms with van der Waals surface area (Å²) in [4.78, 5) is 0. The van der Waals surface area contributed by atoms with Gasteiger partial charge in [0.1, 0.15) is 17.5 Å². The van der Waals surface area contributed by atoms with Crippen LogP contribution < -0.4 is 0 Å². The van der Waals surface area contributed by atoms with Crippen molar-refractivity contribution >= 4 is 10.8 Å². The molecule has 0 heterocycles. The van der Waals surface area contributed by atoms with Crippen LogP contribution in [0.25, 0.3) is 21.9 Å². The zero-order valence-corrected chi connectivity index (χ0v) is 16.0. The fraction of sp³-hybridized carbons (Fsp3) is 0.0400. The third-order valence-corrected chi connectivity index (χ3v) is 4.76. The molecule has 6 heteroatoms. The van der Waals surface area contributed by atoms with Gasteiger partial charge in [-0.25, -0.2) is 26.3 Å². The Hall–Kier alpha value is -3.72. The van der Waals surface area contributed by atoms with Crippen LogP contribution in [-0.4, -0.2) is 0 Å². The van der Waals surface area contributed by atoms with Crippen molar-refractivity contribution in [3.05, 3.63) is 106 Å². The second-order valence-corrected chi connectivity index (χ2v) is 6.97. The van der Waals surface area contributed by atoms with Crippen molar-refractivity contribution in [2.45, 2.75) is 6.92 Å². The summed E-state index contributed by atoms with van der Waals surface area (Å²) in [6.45, 7) is 1.54. The van der Waals surface area contributed by atoms with Gasteiger partial charge in [0.2, 0.25) is 0 Å². The number of fused-ring (bicyclic) bond motifs is 1. The Bertz CT molecular complexity index is 1390. The lowest BCUT2D eigenvalue weighted by Gasteiger charge is -2.07. The Balaban J connectivity index is 1.70. The van der Waals surface area contributed by atoms with Crippen molar-refractivity contribution < 1.29 is 26.3 Å². The minimum absolute atomic E-state index is 0.0248. The zero-order valence-electron chi connectivity index (χ0n) is 16.0. The molecule has 154 valence electrons. The van der Waals surface area contributed by atoms with Gasteiger partial charge < -0.3 is 0 Å². The van der Waals surface area contributed by atoms with Crippen LogP contribution in [0, 0.1) is 53.7 Å². The van der Waals surface area contributed by atoms with Crippen molar-refractivity contribution in [2.75, 3.05) is 0 Å². The largest absolute Gasteiger partial charge is 0.206 e. The zero-order chi connectivity index (χ0) is 22.3. The first-order chi connectivity index (χ1) is 14.7. The maximum Gasteiger partial charge on any atom is 0.195 e. The molecule has 0 aliphatic rings. The number of hydrogen-bond donors (Lipinski definition) is 0. The van der Waals surface area contributed by atoms with Gasteiger partial charge in [-0.15, -0.1) is 0 Å². The fourth-order valence-corrected chi connectivity index (χ4v) is 3.27. The van der Waals surface area contributed by atoms with E-state index in [9.17, 15) is 26.3 Å². The molecule has 0 amide bonds. The Morgan fingerprint density at radius 3 is 2.00 bits per heavy atom. The summed E-state index contributed by atoms with van der Waals surface area (Å²) in [6, 6.07) is 10.7. The van der Waals surface area contributed by atoms with Crippen molar-refractivity contribution in [2.24, 2.45) is 0 Å². The predicted octanol–water partition coefficient (Wildman–Crippen LogP) is 7.05. The molecule has 4 aromatic carbocycles. The van der Waals surface area contributed by atoms with Gasteiger partial charge in [-0.1, -0.05) is 24.0 Å². The van der Waals surface area contributed by atoms with Crippen LogP contribution in [0.5, 0.6) is 0 Å². The number of hydrogen-bond acceptors (Lipinski definition) is 0. The van der Waals surface area contributed by atoms with Gasteiger partial charge in [-0.3, -0.25) is 0 Å². The van der Waals surface area contributed by atoms with E-state index in [0.29, 0.717) is 11.1 Å². The van der Waals surface area contributed by atoms with Gasteiger partial charge in [-0.2, -0.15) is 0 Å². The maximum atomic E-state index is 14.5. The standard InChI is InChI=1S/C25H12F6/c1-13-8-20(27)23(21(28)9-13)16-6-5-15(19(26)11-16)4-2-14-3-7-18-17(10-14)12-22(29)25(31)24(18)30/h3,5-12H,1H3. The summed E-state index contributed by atoms with van der Waals surface area (Å²) in [7, 11) is 0. The highest BCUT2D eigenvalue weighted by atomic mass is 19.2. The summed E-state index contributed by atoms with van der Waals surface area (Å²) in [5.41, 5.74) is 0.372. The van der Waals surface area contributed by atoms with Crippen molar-refractivity contribution in [3.63, 3.8) is 0 Å². The lowest BCUT2D eigenvalue weighted by molar-refractivity contribution is 0.453. The quantitative estimate of drug-likeness (QED) is 0.174. The highest BCUT2D eigenvalue weighted by Crippen LogP contribution is 2.29. The van der Waals surface area contributed by atoms with Crippen molar-refractivity contribution in [1.82, 2.24) is 0 Å². The topological polar surface area (TPSA) is 0 Å².